The van der Waals surface area contributed by atoms with E-state index >= 15 is 0 Å². The lowest BCUT2D eigenvalue weighted by Crippen LogP contribution is -2.44. The number of hydrogen-bond donors (Lipinski definition) is 1. The Morgan fingerprint density at radius 3 is 2.58 bits per heavy atom. The largest absolute Gasteiger partial charge is 0.444 e. The van der Waals surface area contributed by atoms with Crippen molar-refractivity contribution in [2.24, 2.45) is 0 Å². The summed E-state index contributed by atoms with van der Waals surface area (Å²) < 4.78 is 48.0. The van der Waals surface area contributed by atoms with Gasteiger partial charge in [0.2, 0.25) is 15.9 Å². The van der Waals surface area contributed by atoms with Gasteiger partial charge in [-0.05, 0) is 49.9 Å². The minimum absolute atomic E-state index is 0.00874. The lowest BCUT2D eigenvalue weighted by Gasteiger charge is -2.34. The van der Waals surface area contributed by atoms with E-state index in [0.717, 1.165) is 37.9 Å². The van der Waals surface area contributed by atoms with Crippen LogP contribution in [0.2, 0.25) is 0 Å². The first-order valence-electron chi connectivity index (χ1n) is 13.0. The molecule has 6 rings (SSSR count). The highest BCUT2D eigenvalue weighted by molar-refractivity contribution is 7.89. The van der Waals surface area contributed by atoms with Crippen molar-refractivity contribution in [3.63, 3.8) is 0 Å². The maximum atomic E-state index is 14.8. The molecule has 208 valence electrons. The number of halogens is 1. The normalized spacial score (nSPS) is 17.2. The van der Waals surface area contributed by atoms with Gasteiger partial charge >= 0.3 is 0 Å². The molecule has 0 bridgehead atoms. The van der Waals surface area contributed by atoms with Gasteiger partial charge in [-0.15, -0.1) is 0 Å². The molecule has 2 aliphatic rings. The highest BCUT2D eigenvalue weighted by Crippen LogP contribution is 2.33. The number of aliphatic hydroxyl groups excluding tert-OH is 1. The molecule has 1 N–H and O–H groups in total. The number of oxazole rings is 1. The average molecular weight is 565 g/mol. The van der Waals surface area contributed by atoms with Crippen molar-refractivity contribution in [3.05, 3.63) is 89.1 Å². The fourth-order valence-corrected chi connectivity index (χ4v) is 6.53. The second kappa shape index (κ2) is 10.4. The summed E-state index contributed by atoms with van der Waals surface area (Å²) in [6.45, 7) is 5.57. The Labute approximate surface area is 231 Å². The quantitative estimate of drug-likeness (QED) is 0.377. The molecule has 12 heteroatoms. The first-order valence-corrected chi connectivity index (χ1v) is 14.4. The number of piperazine rings is 1. The first-order chi connectivity index (χ1) is 19.2. The van der Waals surface area contributed by atoms with Crippen molar-refractivity contribution in [1.29, 1.82) is 0 Å². The molecule has 2 aromatic heterocycles. The highest BCUT2D eigenvalue weighted by Gasteiger charge is 2.34. The number of rotatable bonds is 6. The predicted molar refractivity (Wildman–Crippen MR) is 145 cm³/mol. The molecule has 1 unspecified atom stereocenters. The number of benzene rings is 2. The smallest absolute Gasteiger partial charge is 0.243 e. The van der Waals surface area contributed by atoms with Crippen LogP contribution in [0.3, 0.4) is 0 Å². The number of nitrogens with zero attached hydrogens (tertiary/aromatic N) is 6. The summed E-state index contributed by atoms with van der Waals surface area (Å²) in [4.78, 5) is 17.4. The lowest BCUT2D eigenvalue weighted by atomic mass is 10.1. The number of fused-ring (bicyclic) bond motifs is 1. The van der Waals surface area contributed by atoms with Gasteiger partial charge in [-0.2, -0.15) is 4.31 Å². The fraction of sp³-hybridized carbons (Fsp3) is 0.321. The molecule has 10 nitrogen and oxygen atoms in total. The Balaban J connectivity index is 1.23. The van der Waals surface area contributed by atoms with E-state index in [1.165, 1.54) is 28.9 Å². The van der Waals surface area contributed by atoms with Gasteiger partial charge in [-0.25, -0.2) is 27.8 Å². The maximum Gasteiger partial charge on any atom is 0.243 e. The third-order valence-corrected chi connectivity index (χ3v) is 9.31. The van der Waals surface area contributed by atoms with Crippen molar-refractivity contribution < 1.29 is 22.3 Å². The van der Waals surface area contributed by atoms with Gasteiger partial charge in [0.15, 0.2) is 5.82 Å². The minimum Gasteiger partial charge on any atom is -0.444 e. The summed E-state index contributed by atoms with van der Waals surface area (Å²) in [6, 6.07) is 11.4. The number of aryl methyl sites for hydroxylation is 1. The van der Waals surface area contributed by atoms with Crippen molar-refractivity contribution in [2.75, 3.05) is 38.1 Å². The van der Waals surface area contributed by atoms with Gasteiger partial charge < -0.3 is 19.3 Å². The van der Waals surface area contributed by atoms with Crippen LogP contribution in [0.1, 0.15) is 34.4 Å². The molecule has 0 saturated carbocycles. The molecule has 0 aliphatic carbocycles. The lowest BCUT2D eigenvalue weighted by molar-refractivity contribution is 0.209. The molecule has 40 heavy (non-hydrogen) atoms. The average Bonchev–Trinajstić information content (AvgIpc) is 3.64. The second-order valence-corrected chi connectivity index (χ2v) is 12.1. The monoisotopic (exact) mass is 564 g/mol. The summed E-state index contributed by atoms with van der Waals surface area (Å²) in [5.74, 6) is -0.464. The van der Waals surface area contributed by atoms with Crippen LogP contribution in [0.4, 0.5) is 10.1 Å². The first kappa shape index (κ1) is 26.5. The topological polar surface area (TPSA) is 116 Å². The summed E-state index contributed by atoms with van der Waals surface area (Å²) in [5, 5.41) is 11.2. The van der Waals surface area contributed by atoms with Crippen molar-refractivity contribution >= 4 is 15.7 Å². The van der Waals surface area contributed by atoms with Gasteiger partial charge in [0, 0.05) is 49.7 Å². The zero-order chi connectivity index (χ0) is 28.0. The number of sulfonamides is 1. The number of hydrogen-bond acceptors (Lipinski definition) is 9. The van der Waals surface area contributed by atoms with Crippen molar-refractivity contribution in [2.45, 2.75) is 31.0 Å². The van der Waals surface area contributed by atoms with Crippen LogP contribution in [-0.2, 0) is 23.1 Å². The zero-order valence-electron chi connectivity index (χ0n) is 22.2. The van der Waals surface area contributed by atoms with Crippen LogP contribution in [0.5, 0.6) is 0 Å². The van der Waals surface area contributed by atoms with E-state index in [0.29, 0.717) is 22.5 Å². The highest BCUT2D eigenvalue weighted by atomic mass is 32.2. The van der Waals surface area contributed by atoms with Gasteiger partial charge in [-0.1, -0.05) is 12.1 Å². The molecule has 2 aliphatic heterocycles. The van der Waals surface area contributed by atoms with E-state index in [2.05, 4.69) is 31.8 Å². The molecule has 0 amide bonds. The Morgan fingerprint density at radius 1 is 1.05 bits per heavy atom. The molecule has 4 aromatic rings. The number of likely N-dealkylation sites (N-methyl/N-ethyl adjacent to an activating group) is 1. The Morgan fingerprint density at radius 2 is 1.85 bits per heavy atom. The summed E-state index contributed by atoms with van der Waals surface area (Å²) in [5.41, 5.74) is 3.57. The van der Waals surface area contributed by atoms with Gasteiger partial charge in [0.1, 0.15) is 18.2 Å². The maximum absolute atomic E-state index is 14.8. The van der Waals surface area contributed by atoms with Crippen LogP contribution in [0, 0.1) is 12.7 Å². The van der Waals surface area contributed by atoms with Gasteiger partial charge in [0.05, 0.1) is 28.9 Å². The molecule has 1 fully saturated rings. The number of aliphatic hydroxyl groups is 1. The molecule has 0 radical (unpaired) electrons. The Kier molecular flexibility index (Phi) is 6.87. The van der Waals surface area contributed by atoms with E-state index in [1.807, 2.05) is 24.3 Å². The van der Waals surface area contributed by atoms with E-state index in [9.17, 15) is 17.9 Å². The fourth-order valence-electron chi connectivity index (χ4n) is 5.15. The standard InChI is InChI=1S/C28H29FN6O4S/c1-18-23-16-35(40(37,38)21-6-7-22(24(29)15-21)28-30-8-13-39-28)17-25(23)32-27(31-18)26(36)19-4-3-5-20(14-19)34-11-9-33(2)10-12-34/h3-8,13-15,26,36H,9-12,16-17H2,1-2H3. The van der Waals surface area contributed by atoms with E-state index in [-0.39, 0.29) is 35.3 Å². The van der Waals surface area contributed by atoms with Crippen molar-refractivity contribution in [3.8, 4) is 11.5 Å². The summed E-state index contributed by atoms with van der Waals surface area (Å²) >= 11 is 0. The summed E-state index contributed by atoms with van der Waals surface area (Å²) in [7, 11) is -1.93. The SMILES string of the molecule is Cc1nc(C(O)c2cccc(N3CCN(C)CC3)c2)nc2c1CN(S(=O)(=O)c1ccc(-c3ncco3)c(F)c1)C2. The molecular weight excluding hydrogens is 535 g/mol. The third-order valence-electron chi connectivity index (χ3n) is 7.52. The zero-order valence-corrected chi connectivity index (χ0v) is 23.0. The van der Waals surface area contributed by atoms with E-state index < -0.39 is 21.9 Å². The van der Waals surface area contributed by atoms with Crippen LogP contribution in [-0.4, -0.2) is 70.9 Å². The minimum atomic E-state index is -4.04. The van der Waals surface area contributed by atoms with Gasteiger partial charge in [-0.3, -0.25) is 0 Å². The molecule has 0 spiro atoms. The van der Waals surface area contributed by atoms with Crippen LogP contribution < -0.4 is 4.90 Å². The number of aromatic nitrogens is 3. The van der Waals surface area contributed by atoms with Crippen LogP contribution in [0.25, 0.3) is 11.5 Å². The molecular formula is C28H29FN6O4S. The van der Waals surface area contributed by atoms with Crippen LogP contribution >= 0.6 is 0 Å². The Bertz CT molecular complexity index is 1660. The molecule has 1 saturated heterocycles. The molecule has 1 atom stereocenters. The van der Waals surface area contributed by atoms with E-state index in [4.69, 9.17) is 4.42 Å². The van der Waals surface area contributed by atoms with Gasteiger partial charge in [0.25, 0.3) is 0 Å². The Hall–Kier alpha value is -3.71. The van der Waals surface area contributed by atoms with E-state index in [1.54, 1.807) is 6.92 Å². The molecule has 2 aromatic carbocycles. The third kappa shape index (κ3) is 4.87. The predicted octanol–water partition coefficient (Wildman–Crippen LogP) is 3.12. The number of anilines is 1. The molecule has 4 heterocycles. The van der Waals surface area contributed by atoms with Crippen LogP contribution in [0.15, 0.2) is 64.2 Å². The second-order valence-electron chi connectivity index (χ2n) is 10.1. The summed E-state index contributed by atoms with van der Waals surface area (Å²) in [6.07, 6.45) is 1.64. The van der Waals surface area contributed by atoms with Crippen molar-refractivity contribution in [1.82, 2.24) is 24.2 Å².